The van der Waals surface area contributed by atoms with Gasteiger partial charge in [0.1, 0.15) is 0 Å². The third-order valence-corrected chi connectivity index (χ3v) is 16.8. The van der Waals surface area contributed by atoms with Crippen molar-refractivity contribution in [2.75, 3.05) is 72.3 Å². The Morgan fingerprint density at radius 2 is 0.951 bits per heavy atom. The van der Waals surface area contributed by atoms with Crippen LogP contribution in [0.5, 0.6) is 0 Å². The van der Waals surface area contributed by atoms with Crippen LogP contribution in [0, 0.1) is 0 Å². The maximum Gasteiger partial charge on any atom is 0.241 e. The van der Waals surface area contributed by atoms with Crippen molar-refractivity contribution in [3.63, 3.8) is 0 Å². The molecule has 9 nitrogen and oxygen atoms in total. The molecule has 8 heterocycles. The van der Waals surface area contributed by atoms with Crippen LogP contribution in [0.3, 0.4) is 0 Å². The van der Waals surface area contributed by atoms with Crippen molar-refractivity contribution in [2.45, 2.75) is 74.9 Å². The van der Waals surface area contributed by atoms with E-state index >= 15 is 0 Å². The number of sulfonamides is 1. The maximum absolute atomic E-state index is 11.1. The van der Waals surface area contributed by atoms with Crippen LogP contribution in [0.25, 0.3) is 0 Å². The standard InChI is InChI=1S/C8H9N.C8H8O.C7H7NO2S.C7H7NS.C4H10N2.C4H8OS.C4H8S2.C4H8S/c2*1-2-4-8-6-9-5-7(8)3-1;9-11(10)7-4-2-1-3-6(7)5-8-11;1-2-4-7-6(3-1)5-8-9-7;1-2-4-6-5-3-1;1-3-6-4-2-5-1;1-2-6-4-3-5-1;1-2-4-5-3-1/h1-4,9H,5-6H2;1-4H,5-6H2;1-4,8H,5H2;1-4,8H,5H2;5-6H,1-4H2;2*1-4H2;1-4H2. The Kier molecular flexibility index (Phi) is 25.7. The summed E-state index contributed by atoms with van der Waals surface area (Å²) >= 11 is 9.91. The Labute approximate surface area is 387 Å². The van der Waals surface area contributed by atoms with Crippen molar-refractivity contribution in [3.8, 4) is 0 Å². The number of ether oxygens (including phenoxy) is 2. The van der Waals surface area contributed by atoms with E-state index < -0.39 is 10.0 Å². The minimum absolute atomic E-state index is 0.417. The fraction of sp³-hybridized carbons (Fsp3) is 0.478. The maximum atomic E-state index is 11.1. The van der Waals surface area contributed by atoms with Gasteiger partial charge in [0.25, 0.3) is 0 Å². The van der Waals surface area contributed by atoms with Gasteiger partial charge in [-0.1, -0.05) is 84.9 Å². The highest BCUT2D eigenvalue weighted by atomic mass is 32.2. The zero-order chi connectivity index (χ0) is 42.5. The molecule has 0 saturated carbocycles. The molecule has 0 amide bonds. The molecule has 4 aromatic rings. The molecule has 5 N–H and O–H groups in total. The van der Waals surface area contributed by atoms with Gasteiger partial charge in [-0.15, -0.1) is 0 Å². The lowest BCUT2D eigenvalue weighted by molar-refractivity contribution is 0.134. The van der Waals surface area contributed by atoms with Gasteiger partial charge in [0, 0.05) is 78.7 Å². The second kappa shape index (κ2) is 31.2. The van der Waals surface area contributed by atoms with E-state index in [0.717, 1.165) is 64.7 Å². The summed E-state index contributed by atoms with van der Waals surface area (Å²) in [5, 5.41) is 3.29. The highest BCUT2D eigenvalue weighted by Gasteiger charge is 2.24. The second-order valence-corrected chi connectivity index (χ2v) is 22.0. The van der Waals surface area contributed by atoms with Gasteiger partial charge < -0.3 is 14.8 Å². The van der Waals surface area contributed by atoms with Crippen LogP contribution in [-0.2, 0) is 58.9 Å². The number of hydrazine groups is 1. The van der Waals surface area contributed by atoms with Crippen molar-refractivity contribution < 1.29 is 17.9 Å². The van der Waals surface area contributed by atoms with Gasteiger partial charge >= 0.3 is 0 Å². The number of hydrogen-bond acceptors (Lipinski definition) is 13. The minimum atomic E-state index is -3.16. The Morgan fingerprint density at radius 1 is 0.459 bits per heavy atom. The zero-order valence-electron chi connectivity index (χ0n) is 35.4. The molecule has 0 bridgehead atoms. The van der Waals surface area contributed by atoms with Crippen molar-refractivity contribution in [1.29, 1.82) is 0 Å². The molecule has 15 heteroatoms. The van der Waals surface area contributed by atoms with Crippen LogP contribution in [0.2, 0.25) is 0 Å². The molecule has 334 valence electrons. The summed E-state index contributed by atoms with van der Waals surface area (Å²) in [6.45, 7) is 9.35. The largest absolute Gasteiger partial charge is 0.380 e. The average molecular weight is 944 g/mol. The summed E-state index contributed by atoms with van der Waals surface area (Å²) in [7, 11) is -3.16. The summed E-state index contributed by atoms with van der Waals surface area (Å²) < 4.78 is 38.2. The molecule has 4 fully saturated rings. The molecule has 0 aliphatic carbocycles. The van der Waals surface area contributed by atoms with E-state index in [1.807, 2.05) is 36.0 Å². The van der Waals surface area contributed by atoms with E-state index in [9.17, 15) is 8.42 Å². The highest BCUT2D eigenvalue weighted by molar-refractivity contribution is 8.06. The third-order valence-electron chi connectivity index (χ3n) is 9.81. The Balaban J connectivity index is 0.000000134. The van der Waals surface area contributed by atoms with Crippen molar-refractivity contribution in [1.82, 2.24) is 25.6 Å². The van der Waals surface area contributed by atoms with E-state index in [-0.39, 0.29) is 0 Å². The van der Waals surface area contributed by atoms with Gasteiger partial charge in [-0.2, -0.15) is 47.0 Å². The number of thioether (sulfide) groups is 4. The van der Waals surface area contributed by atoms with Gasteiger partial charge in [-0.05, 0) is 94.7 Å². The Morgan fingerprint density at radius 3 is 1.39 bits per heavy atom. The van der Waals surface area contributed by atoms with Gasteiger partial charge in [0.15, 0.2) is 0 Å². The fourth-order valence-corrected chi connectivity index (χ4v) is 12.5. The number of hydrogen-bond donors (Lipinski definition) is 5. The molecular formula is C46H65N5O4S6. The van der Waals surface area contributed by atoms with E-state index in [1.54, 1.807) is 24.1 Å². The highest BCUT2D eigenvalue weighted by Crippen LogP contribution is 2.26. The van der Waals surface area contributed by atoms with Crippen LogP contribution in [0.15, 0.2) is 107 Å². The lowest BCUT2D eigenvalue weighted by atomic mass is 10.1. The summed E-state index contributed by atoms with van der Waals surface area (Å²) in [6.07, 6.45) is 5.58. The second-order valence-electron chi connectivity index (χ2n) is 14.4. The van der Waals surface area contributed by atoms with Gasteiger partial charge in [0.05, 0.1) is 31.3 Å². The quantitative estimate of drug-likeness (QED) is 0.108. The first-order valence-electron chi connectivity index (χ1n) is 21.4. The summed E-state index contributed by atoms with van der Waals surface area (Å²) in [5.74, 6) is 10.7. The normalized spacial score (nSPS) is 19.5. The van der Waals surface area contributed by atoms with Gasteiger partial charge in [-0.25, -0.2) is 13.1 Å². The minimum Gasteiger partial charge on any atom is -0.380 e. The number of fused-ring (bicyclic) bond motifs is 4. The SMILES string of the molecule is C1CCNNC1.C1CCSC1.C1CSCCO1.C1CSCCS1.O=S1(=O)NCc2ccccc21.c1ccc2c(c1)CNC2.c1ccc2c(c1)CNS2.c1ccc2c(c1)COC2. The van der Waals surface area contributed by atoms with Crippen molar-refractivity contribution in [2.24, 2.45) is 0 Å². The predicted octanol–water partition coefficient (Wildman–Crippen LogP) is 8.89. The van der Waals surface area contributed by atoms with E-state index in [1.165, 1.54) is 104 Å². The molecule has 0 radical (unpaired) electrons. The molecule has 0 atom stereocenters. The van der Waals surface area contributed by atoms with E-state index in [2.05, 4.69) is 122 Å². The van der Waals surface area contributed by atoms with Crippen LogP contribution < -0.4 is 25.6 Å². The summed E-state index contributed by atoms with van der Waals surface area (Å²) in [6, 6.07) is 32.3. The van der Waals surface area contributed by atoms with Crippen LogP contribution in [0.4, 0.5) is 0 Å². The first-order valence-corrected chi connectivity index (χ1v) is 28.3. The molecule has 8 aliphatic heterocycles. The molecule has 61 heavy (non-hydrogen) atoms. The molecule has 0 unspecified atom stereocenters. The smallest absolute Gasteiger partial charge is 0.241 e. The summed E-state index contributed by atoms with van der Waals surface area (Å²) in [5.41, 5.74) is 13.9. The first-order chi connectivity index (χ1) is 30.1. The van der Waals surface area contributed by atoms with Gasteiger partial charge in [0.2, 0.25) is 10.0 Å². The Bertz CT molecular complexity index is 1640. The molecular weight excluding hydrogens is 879 g/mol. The van der Waals surface area contributed by atoms with Crippen molar-refractivity contribution >= 4 is 69.0 Å². The molecule has 0 spiro atoms. The average Bonchev–Trinajstić information content (AvgIpc) is 4.22. The number of rotatable bonds is 0. The topological polar surface area (TPSA) is 113 Å². The third kappa shape index (κ3) is 20.3. The lowest BCUT2D eigenvalue weighted by Crippen LogP contribution is -2.37. The van der Waals surface area contributed by atoms with Crippen molar-refractivity contribution in [3.05, 3.63) is 130 Å². The number of benzene rings is 4. The van der Waals surface area contributed by atoms with E-state index in [4.69, 9.17) is 9.47 Å². The molecule has 4 saturated heterocycles. The fourth-order valence-electron chi connectivity index (χ4n) is 6.44. The Hall–Kier alpha value is -1.70. The predicted molar refractivity (Wildman–Crippen MR) is 266 cm³/mol. The van der Waals surface area contributed by atoms with Gasteiger partial charge in [-0.3, -0.25) is 15.6 Å². The van der Waals surface area contributed by atoms with Crippen LogP contribution in [-0.4, -0.2) is 80.7 Å². The molecule has 4 aromatic carbocycles. The zero-order valence-corrected chi connectivity index (χ0v) is 40.3. The summed E-state index contributed by atoms with van der Waals surface area (Å²) in [4.78, 5) is 1.79. The lowest BCUT2D eigenvalue weighted by Gasteiger charge is -2.10. The number of nitrogens with one attached hydrogen (secondary N) is 5. The molecule has 12 rings (SSSR count). The van der Waals surface area contributed by atoms with Crippen LogP contribution in [0.1, 0.15) is 59.1 Å². The molecule has 8 aliphatic rings. The first kappa shape index (κ1) is 50.3. The molecule has 0 aromatic heterocycles. The monoisotopic (exact) mass is 943 g/mol. The van der Waals surface area contributed by atoms with Crippen LogP contribution >= 0.6 is 59.0 Å². The van der Waals surface area contributed by atoms with E-state index in [0.29, 0.717) is 11.4 Å².